The fourth-order valence-corrected chi connectivity index (χ4v) is 1.57. The van der Waals surface area contributed by atoms with Gasteiger partial charge in [-0.3, -0.25) is 0 Å². The molecule has 0 saturated carbocycles. The normalized spacial score (nSPS) is 20.1. The summed E-state index contributed by atoms with van der Waals surface area (Å²) in [5.74, 6) is -0.0304. The van der Waals surface area contributed by atoms with Crippen LogP contribution in [0.5, 0.6) is 0 Å². The van der Waals surface area contributed by atoms with E-state index in [2.05, 4.69) is 9.47 Å². The molecular weight excluding hydrogens is 200 g/mol. The fourth-order valence-electron chi connectivity index (χ4n) is 1.57. The van der Waals surface area contributed by atoms with Crippen LogP contribution in [0.15, 0.2) is 11.3 Å². The Bertz CT molecular complexity index is 305. The number of hydrogen-bond acceptors (Lipinski definition) is 5. The molecule has 0 radical (unpaired) electrons. The summed E-state index contributed by atoms with van der Waals surface area (Å²) in [4.78, 5) is 22.3. The van der Waals surface area contributed by atoms with Gasteiger partial charge in [-0.25, -0.2) is 9.59 Å². The van der Waals surface area contributed by atoms with Gasteiger partial charge in [0, 0.05) is 6.42 Å². The molecule has 0 amide bonds. The smallest absolute Gasteiger partial charge is 0.466 e. The second kappa shape index (κ2) is 4.82. The lowest BCUT2D eigenvalue weighted by molar-refractivity contribution is -0.136. The SMILES string of the molecule is COC(=O)OC1=C(C(=O)OC)C(C)CC1. The van der Waals surface area contributed by atoms with Crippen molar-refractivity contribution in [2.45, 2.75) is 19.8 Å². The largest absolute Gasteiger partial charge is 0.513 e. The fraction of sp³-hybridized carbons (Fsp3) is 0.600. The molecule has 5 nitrogen and oxygen atoms in total. The minimum Gasteiger partial charge on any atom is -0.466 e. The monoisotopic (exact) mass is 214 g/mol. The molecule has 0 aliphatic heterocycles. The van der Waals surface area contributed by atoms with Crippen molar-refractivity contribution in [3.8, 4) is 0 Å². The lowest BCUT2D eigenvalue weighted by atomic mass is 10.0. The average Bonchev–Trinajstić information content (AvgIpc) is 2.58. The first-order valence-corrected chi connectivity index (χ1v) is 4.67. The third-order valence-corrected chi connectivity index (χ3v) is 2.38. The first-order valence-electron chi connectivity index (χ1n) is 4.67. The summed E-state index contributed by atoms with van der Waals surface area (Å²) in [7, 11) is 2.52. The Morgan fingerprint density at radius 2 is 1.93 bits per heavy atom. The van der Waals surface area contributed by atoms with Gasteiger partial charge in [0.1, 0.15) is 5.76 Å². The Morgan fingerprint density at radius 3 is 2.47 bits per heavy atom. The Morgan fingerprint density at radius 1 is 1.27 bits per heavy atom. The molecule has 0 aromatic carbocycles. The van der Waals surface area contributed by atoms with Gasteiger partial charge >= 0.3 is 12.1 Å². The summed E-state index contributed by atoms with van der Waals surface area (Å²) in [5, 5.41) is 0. The van der Waals surface area contributed by atoms with Gasteiger partial charge in [0.25, 0.3) is 0 Å². The highest BCUT2D eigenvalue weighted by Crippen LogP contribution is 2.33. The Kier molecular flexibility index (Phi) is 3.71. The first kappa shape index (κ1) is 11.6. The quantitative estimate of drug-likeness (QED) is 0.654. The van der Waals surface area contributed by atoms with Crippen LogP contribution in [-0.2, 0) is 19.0 Å². The molecule has 1 aliphatic carbocycles. The Hall–Kier alpha value is -1.52. The zero-order valence-corrected chi connectivity index (χ0v) is 9.03. The summed E-state index contributed by atoms with van der Waals surface area (Å²) in [6.07, 6.45) is 0.526. The maximum atomic E-state index is 11.4. The number of ether oxygens (including phenoxy) is 3. The molecule has 5 heteroatoms. The molecule has 1 unspecified atom stereocenters. The number of hydrogen-bond donors (Lipinski definition) is 0. The highest BCUT2D eigenvalue weighted by molar-refractivity contribution is 5.90. The number of esters is 1. The molecule has 0 bridgehead atoms. The van der Waals surface area contributed by atoms with Crippen LogP contribution in [-0.4, -0.2) is 26.3 Å². The molecule has 0 N–H and O–H groups in total. The average molecular weight is 214 g/mol. The minimum absolute atomic E-state index is 0.0529. The van der Waals surface area contributed by atoms with Crippen LogP contribution in [0.2, 0.25) is 0 Å². The summed E-state index contributed by atoms with van der Waals surface area (Å²) in [6, 6.07) is 0. The van der Waals surface area contributed by atoms with Crippen LogP contribution in [0.3, 0.4) is 0 Å². The number of methoxy groups -OCH3 is 2. The van der Waals surface area contributed by atoms with Crippen molar-refractivity contribution in [1.29, 1.82) is 0 Å². The van der Waals surface area contributed by atoms with Gasteiger partial charge in [-0.2, -0.15) is 0 Å². The van der Waals surface area contributed by atoms with Crippen molar-refractivity contribution in [1.82, 2.24) is 0 Å². The van der Waals surface area contributed by atoms with E-state index in [-0.39, 0.29) is 5.92 Å². The highest BCUT2D eigenvalue weighted by atomic mass is 16.7. The topological polar surface area (TPSA) is 61.8 Å². The van der Waals surface area contributed by atoms with Crippen molar-refractivity contribution >= 4 is 12.1 Å². The Labute approximate surface area is 88.0 Å². The second-order valence-corrected chi connectivity index (χ2v) is 3.32. The predicted molar refractivity (Wildman–Crippen MR) is 50.9 cm³/mol. The van der Waals surface area contributed by atoms with Crippen molar-refractivity contribution in [3.05, 3.63) is 11.3 Å². The molecule has 0 saturated heterocycles. The van der Waals surface area contributed by atoms with E-state index in [0.29, 0.717) is 17.8 Å². The first-order chi connectivity index (χ1) is 7.10. The molecule has 1 atom stereocenters. The molecule has 0 aromatic heterocycles. The van der Waals surface area contributed by atoms with Crippen LogP contribution in [0.4, 0.5) is 4.79 Å². The summed E-state index contributed by atoms with van der Waals surface area (Å²) >= 11 is 0. The molecule has 84 valence electrons. The zero-order valence-electron chi connectivity index (χ0n) is 9.03. The van der Waals surface area contributed by atoms with Crippen molar-refractivity contribution in [2.75, 3.05) is 14.2 Å². The predicted octanol–water partition coefficient (Wildman–Crippen LogP) is 1.63. The lowest BCUT2D eigenvalue weighted by Crippen LogP contribution is -2.12. The van der Waals surface area contributed by atoms with Gasteiger partial charge < -0.3 is 14.2 Å². The lowest BCUT2D eigenvalue weighted by Gasteiger charge is -2.08. The third kappa shape index (κ3) is 2.49. The molecule has 0 aromatic rings. The van der Waals surface area contributed by atoms with Crippen LogP contribution >= 0.6 is 0 Å². The van der Waals surface area contributed by atoms with Crippen LogP contribution in [0.1, 0.15) is 19.8 Å². The Balaban J connectivity index is 2.85. The highest BCUT2D eigenvalue weighted by Gasteiger charge is 2.31. The summed E-state index contributed by atoms with van der Waals surface area (Å²) in [6.45, 7) is 1.89. The number of allylic oxidation sites excluding steroid dienone is 1. The molecule has 0 spiro atoms. The van der Waals surface area contributed by atoms with Crippen molar-refractivity contribution in [2.24, 2.45) is 5.92 Å². The van der Waals surface area contributed by atoms with Gasteiger partial charge in [0.15, 0.2) is 0 Å². The molecule has 15 heavy (non-hydrogen) atoms. The van der Waals surface area contributed by atoms with Crippen molar-refractivity contribution < 1.29 is 23.8 Å². The molecule has 0 heterocycles. The van der Waals surface area contributed by atoms with E-state index in [0.717, 1.165) is 6.42 Å². The molecule has 0 fully saturated rings. The minimum atomic E-state index is -0.805. The third-order valence-electron chi connectivity index (χ3n) is 2.38. The summed E-state index contributed by atoms with van der Waals surface area (Å²) < 4.78 is 13.9. The summed E-state index contributed by atoms with van der Waals surface area (Å²) in [5.41, 5.74) is 0.433. The maximum Gasteiger partial charge on any atom is 0.513 e. The zero-order chi connectivity index (χ0) is 11.4. The van der Waals surface area contributed by atoms with Gasteiger partial charge in [0.05, 0.1) is 19.8 Å². The maximum absolute atomic E-state index is 11.4. The van der Waals surface area contributed by atoms with E-state index in [1.54, 1.807) is 0 Å². The second-order valence-electron chi connectivity index (χ2n) is 3.32. The van der Waals surface area contributed by atoms with Crippen LogP contribution in [0, 0.1) is 5.92 Å². The number of carbonyl (C=O) groups excluding carboxylic acids is 2. The van der Waals surface area contributed by atoms with Crippen LogP contribution < -0.4 is 0 Å². The number of rotatable bonds is 2. The van der Waals surface area contributed by atoms with E-state index in [4.69, 9.17) is 4.74 Å². The van der Waals surface area contributed by atoms with E-state index >= 15 is 0 Å². The number of carbonyl (C=O) groups is 2. The van der Waals surface area contributed by atoms with E-state index in [1.165, 1.54) is 14.2 Å². The van der Waals surface area contributed by atoms with Crippen molar-refractivity contribution in [3.63, 3.8) is 0 Å². The van der Waals surface area contributed by atoms with Crippen LogP contribution in [0.25, 0.3) is 0 Å². The van der Waals surface area contributed by atoms with Gasteiger partial charge in [0.2, 0.25) is 0 Å². The van der Waals surface area contributed by atoms with E-state index in [1.807, 2.05) is 6.92 Å². The van der Waals surface area contributed by atoms with Gasteiger partial charge in [-0.05, 0) is 12.3 Å². The molecular formula is C10H14O5. The van der Waals surface area contributed by atoms with Gasteiger partial charge in [-0.1, -0.05) is 6.92 Å². The van der Waals surface area contributed by atoms with E-state index in [9.17, 15) is 9.59 Å². The molecule has 1 rings (SSSR count). The van der Waals surface area contributed by atoms with Gasteiger partial charge in [-0.15, -0.1) is 0 Å². The molecule has 1 aliphatic rings. The van der Waals surface area contributed by atoms with E-state index < -0.39 is 12.1 Å². The standard InChI is InChI=1S/C10H14O5/c1-6-4-5-7(15-10(12)14-3)8(6)9(11)13-2/h6H,4-5H2,1-3H3.